The molecule has 7 nitrogen and oxygen atoms in total. The molecule has 0 radical (unpaired) electrons. The van der Waals surface area contributed by atoms with Crippen molar-refractivity contribution in [3.8, 4) is 28.7 Å². The van der Waals surface area contributed by atoms with Gasteiger partial charge in [0.05, 0.1) is 17.9 Å². The molecule has 8 heteroatoms. The van der Waals surface area contributed by atoms with Gasteiger partial charge in [0.1, 0.15) is 17.2 Å². The molecular weight excluding hydrogens is 438 g/mol. The fraction of sp³-hybridized carbons (Fsp3) is 0.160. The number of amides is 1. The van der Waals surface area contributed by atoms with E-state index in [-0.39, 0.29) is 11.7 Å². The number of hydrogen-bond acceptors (Lipinski definition) is 7. The van der Waals surface area contributed by atoms with Crippen LogP contribution in [0.3, 0.4) is 0 Å². The van der Waals surface area contributed by atoms with Crippen LogP contribution in [0, 0.1) is 6.92 Å². The molecule has 3 aromatic carbocycles. The lowest BCUT2D eigenvalue weighted by molar-refractivity contribution is -0.113. The number of nitrogens with one attached hydrogen (secondary N) is 1. The molecule has 4 rings (SSSR count). The molecule has 0 atom stereocenters. The molecule has 0 saturated carbocycles. The highest BCUT2D eigenvalue weighted by Crippen LogP contribution is 2.30. The van der Waals surface area contributed by atoms with E-state index in [1.54, 1.807) is 12.1 Å². The lowest BCUT2D eigenvalue weighted by Crippen LogP contribution is -2.13. The number of benzene rings is 3. The summed E-state index contributed by atoms with van der Waals surface area (Å²) in [7, 11) is 0. The maximum Gasteiger partial charge on any atom is 0.277 e. The van der Waals surface area contributed by atoms with Crippen LogP contribution in [0.5, 0.6) is 17.2 Å². The van der Waals surface area contributed by atoms with Gasteiger partial charge in [0, 0.05) is 5.69 Å². The standard InChI is InChI=1S/C25H23N3O4S/c1-3-30-22-7-5-4-6-21(22)24-27-28-25(32-24)33-16-23(29)26-18-10-14-20(15-11-18)31-19-12-8-17(2)9-13-19/h4-15H,3,16H2,1-2H3,(H,26,29). The van der Waals surface area contributed by atoms with Crippen molar-refractivity contribution in [3.05, 3.63) is 78.4 Å². The Morgan fingerprint density at radius 2 is 1.67 bits per heavy atom. The van der Waals surface area contributed by atoms with E-state index in [0.717, 1.165) is 11.3 Å². The fourth-order valence-electron chi connectivity index (χ4n) is 2.97. The number of carbonyl (C=O) groups excluding carboxylic acids is 1. The van der Waals surface area contributed by atoms with Crippen LogP contribution in [0.4, 0.5) is 5.69 Å². The highest BCUT2D eigenvalue weighted by atomic mass is 32.2. The van der Waals surface area contributed by atoms with E-state index in [2.05, 4.69) is 15.5 Å². The minimum atomic E-state index is -0.179. The number of nitrogens with zero attached hydrogens (tertiary/aromatic N) is 2. The molecule has 0 unspecified atom stereocenters. The molecule has 0 fully saturated rings. The lowest BCUT2D eigenvalue weighted by atomic mass is 10.2. The van der Waals surface area contributed by atoms with Crippen LogP contribution in [0.1, 0.15) is 12.5 Å². The van der Waals surface area contributed by atoms with E-state index in [9.17, 15) is 4.79 Å². The zero-order chi connectivity index (χ0) is 23.0. The number of para-hydroxylation sites is 1. The number of rotatable bonds is 9. The molecule has 0 aliphatic rings. The van der Waals surface area contributed by atoms with Crippen molar-refractivity contribution in [1.82, 2.24) is 10.2 Å². The summed E-state index contributed by atoms with van der Waals surface area (Å²) in [5.74, 6) is 2.44. The Kier molecular flexibility index (Phi) is 7.26. The second-order valence-corrected chi connectivity index (χ2v) is 8.01. The normalized spacial score (nSPS) is 10.6. The number of ether oxygens (including phenoxy) is 2. The van der Waals surface area contributed by atoms with Crippen LogP contribution in [0.2, 0.25) is 0 Å². The average molecular weight is 462 g/mol. The molecule has 0 aliphatic carbocycles. The zero-order valence-corrected chi connectivity index (χ0v) is 19.1. The zero-order valence-electron chi connectivity index (χ0n) is 18.3. The summed E-state index contributed by atoms with van der Waals surface area (Å²) in [5, 5.41) is 11.3. The summed E-state index contributed by atoms with van der Waals surface area (Å²) in [6.07, 6.45) is 0. The molecule has 1 amide bonds. The van der Waals surface area contributed by atoms with Crippen LogP contribution in [0.15, 0.2) is 82.4 Å². The number of aromatic nitrogens is 2. The molecule has 4 aromatic rings. The highest BCUT2D eigenvalue weighted by molar-refractivity contribution is 7.99. The number of aryl methyl sites for hydroxylation is 1. The first-order valence-corrected chi connectivity index (χ1v) is 11.4. The van der Waals surface area contributed by atoms with E-state index in [4.69, 9.17) is 13.9 Å². The summed E-state index contributed by atoms with van der Waals surface area (Å²) in [6.45, 7) is 4.47. The second kappa shape index (κ2) is 10.7. The van der Waals surface area contributed by atoms with Crippen molar-refractivity contribution in [2.24, 2.45) is 0 Å². The van der Waals surface area contributed by atoms with Crippen molar-refractivity contribution >= 4 is 23.4 Å². The van der Waals surface area contributed by atoms with Gasteiger partial charge in [-0.25, -0.2) is 0 Å². The predicted octanol–water partition coefficient (Wildman–Crippen LogP) is 5.97. The van der Waals surface area contributed by atoms with E-state index in [1.165, 1.54) is 17.3 Å². The third kappa shape index (κ3) is 6.14. The summed E-state index contributed by atoms with van der Waals surface area (Å²) < 4.78 is 17.1. The average Bonchev–Trinajstić information content (AvgIpc) is 3.30. The molecule has 168 valence electrons. The topological polar surface area (TPSA) is 86.5 Å². The SMILES string of the molecule is CCOc1ccccc1-c1nnc(SCC(=O)Nc2ccc(Oc3ccc(C)cc3)cc2)o1. The first-order chi connectivity index (χ1) is 16.1. The van der Waals surface area contributed by atoms with Crippen LogP contribution < -0.4 is 14.8 Å². The summed E-state index contributed by atoms with van der Waals surface area (Å²) >= 11 is 1.17. The van der Waals surface area contributed by atoms with Gasteiger partial charge in [-0.3, -0.25) is 4.79 Å². The Morgan fingerprint density at radius 3 is 2.39 bits per heavy atom. The molecule has 33 heavy (non-hydrogen) atoms. The van der Waals surface area contributed by atoms with Gasteiger partial charge >= 0.3 is 0 Å². The van der Waals surface area contributed by atoms with E-state index in [1.807, 2.05) is 74.5 Å². The first-order valence-electron chi connectivity index (χ1n) is 10.4. The maximum absolute atomic E-state index is 12.3. The Balaban J connectivity index is 1.30. The Labute approximate surface area is 196 Å². The van der Waals surface area contributed by atoms with Gasteiger partial charge in [-0.15, -0.1) is 10.2 Å². The molecular formula is C25H23N3O4S. The first kappa shape index (κ1) is 22.4. The van der Waals surface area contributed by atoms with Gasteiger partial charge in [-0.1, -0.05) is 41.6 Å². The van der Waals surface area contributed by atoms with Crippen molar-refractivity contribution < 1.29 is 18.7 Å². The summed E-state index contributed by atoms with van der Waals surface area (Å²) in [5.41, 5.74) is 2.56. The molecule has 0 spiro atoms. The third-order valence-electron chi connectivity index (χ3n) is 4.55. The van der Waals surface area contributed by atoms with E-state index >= 15 is 0 Å². The second-order valence-electron chi connectivity index (χ2n) is 7.08. The fourth-order valence-corrected chi connectivity index (χ4v) is 3.54. The van der Waals surface area contributed by atoms with Gasteiger partial charge < -0.3 is 19.2 Å². The van der Waals surface area contributed by atoms with Gasteiger partial charge in [0.2, 0.25) is 5.91 Å². The quantitative estimate of drug-likeness (QED) is 0.307. The number of hydrogen-bond donors (Lipinski definition) is 1. The highest BCUT2D eigenvalue weighted by Gasteiger charge is 2.15. The largest absolute Gasteiger partial charge is 0.493 e. The molecule has 0 bridgehead atoms. The monoisotopic (exact) mass is 461 g/mol. The van der Waals surface area contributed by atoms with Gasteiger partial charge in [-0.05, 0) is 62.4 Å². The minimum absolute atomic E-state index is 0.135. The Bertz CT molecular complexity index is 1210. The van der Waals surface area contributed by atoms with Gasteiger partial charge in [-0.2, -0.15) is 0 Å². The number of carbonyl (C=O) groups is 1. The summed E-state index contributed by atoms with van der Waals surface area (Å²) in [4.78, 5) is 12.3. The Morgan fingerprint density at radius 1 is 0.970 bits per heavy atom. The molecule has 1 N–H and O–H groups in total. The number of thioether (sulfide) groups is 1. The van der Waals surface area contributed by atoms with E-state index < -0.39 is 0 Å². The van der Waals surface area contributed by atoms with Crippen molar-refractivity contribution in [3.63, 3.8) is 0 Å². The number of anilines is 1. The van der Waals surface area contributed by atoms with Crippen molar-refractivity contribution in [2.75, 3.05) is 17.7 Å². The summed E-state index contributed by atoms with van der Waals surface area (Å²) in [6, 6.07) is 22.5. The van der Waals surface area contributed by atoms with Gasteiger partial charge in [0.25, 0.3) is 11.1 Å². The molecule has 1 heterocycles. The molecule has 0 aliphatic heterocycles. The lowest BCUT2D eigenvalue weighted by Gasteiger charge is -2.08. The predicted molar refractivity (Wildman–Crippen MR) is 128 cm³/mol. The minimum Gasteiger partial charge on any atom is -0.493 e. The van der Waals surface area contributed by atoms with Crippen LogP contribution in [-0.2, 0) is 4.79 Å². The van der Waals surface area contributed by atoms with Crippen LogP contribution >= 0.6 is 11.8 Å². The Hall–Kier alpha value is -3.78. The van der Waals surface area contributed by atoms with Crippen LogP contribution in [0.25, 0.3) is 11.5 Å². The molecule has 0 saturated heterocycles. The third-order valence-corrected chi connectivity index (χ3v) is 5.36. The van der Waals surface area contributed by atoms with Crippen molar-refractivity contribution in [1.29, 1.82) is 0 Å². The smallest absolute Gasteiger partial charge is 0.277 e. The van der Waals surface area contributed by atoms with E-state index in [0.29, 0.717) is 34.9 Å². The molecule has 1 aromatic heterocycles. The maximum atomic E-state index is 12.3. The van der Waals surface area contributed by atoms with Gasteiger partial charge in [0.15, 0.2) is 0 Å². The van der Waals surface area contributed by atoms with Crippen molar-refractivity contribution in [2.45, 2.75) is 19.1 Å². The van der Waals surface area contributed by atoms with Crippen LogP contribution in [-0.4, -0.2) is 28.5 Å².